The predicted molar refractivity (Wildman–Crippen MR) is 61.3 cm³/mol. The molecule has 0 bridgehead atoms. The first-order chi connectivity index (χ1) is 7.43. The van der Waals surface area contributed by atoms with E-state index in [9.17, 15) is 0 Å². The van der Waals surface area contributed by atoms with Gasteiger partial charge in [0.25, 0.3) is 0 Å². The van der Waals surface area contributed by atoms with Crippen molar-refractivity contribution in [3.05, 3.63) is 30.7 Å². The fraction of sp³-hybridized carbons (Fsp3) is 0.333. The van der Waals surface area contributed by atoms with E-state index in [1.807, 2.05) is 0 Å². The normalized spacial score (nSPS) is 17.2. The zero-order chi connectivity index (χ0) is 10.1. The number of nitrogens with one attached hydrogen (secondary N) is 1. The van der Waals surface area contributed by atoms with Gasteiger partial charge in [0, 0.05) is 42.6 Å². The van der Waals surface area contributed by atoms with Crippen LogP contribution in [0.25, 0.3) is 10.8 Å². The van der Waals surface area contributed by atoms with Crippen molar-refractivity contribution in [2.45, 2.75) is 0 Å². The van der Waals surface area contributed by atoms with Gasteiger partial charge in [-0.3, -0.25) is 0 Å². The van der Waals surface area contributed by atoms with E-state index >= 15 is 0 Å². The molecule has 1 saturated heterocycles. The molecule has 1 aliphatic rings. The van der Waals surface area contributed by atoms with Gasteiger partial charge in [-0.1, -0.05) is 0 Å². The Kier molecular flexibility index (Phi) is 2.10. The zero-order valence-corrected chi connectivity index (χ0v) is 8.57. The minimum atomic E-state index is 1.07. The van der Waals surface area contributed by atoms with Crippen LogP contribution < -0.4 is 10.2 Å². The van der Waals surface area contributed by atoms with Gasteiger partial charge in [-0.2, -0.15) is 0 Å². The highest BCUT2D eigenvalue weighted by molar-refractivity contribution is 5.84. The fourth-order valence-electron chi connectivity index (χ4n) is 2.07. The van der Waals surface area contributed by atoms with Crippen LogP contribution in [0.2, 0.25) is 0 Å². The summed E-state index contributed by atoms with van der Waals surface area (Å²) in [5.41, 5.74) is 1.30. The summed E-state index contributed by atoms with van der Waals surface area (Å²) in [5, 5.41) is 5.72. The molecular formula is C12H14N2O. The van der Waals surface area contributed by atoms with Gasteiger partial charge in [0.05, 0.1) is 12.5 Å². The first-order valence-electron chi connectivity index (χ1n) is 5.35. The summed E-state index contributed by atoms with van der Waals surface area (Å²) in [6.45, 7) is 4.32. The third kappa shape index (κ3) is 1.59. The van der Waals surface area contributed by atoms with Gasteiger partial charge in [0.2, 0.25) is 0 Å². The molecule has 1 aromatic carbocycles. The summed E-state index contributed by atoms with van der Waals surface area (Å²) in [5.74, 6) is 0. The van der Waals surface area contributed by atoms with Gasteiger partial charge < -0.3 is 14.6 Å². The van der Waals surface area contributed by atoms with Crippen LogP contribution in [0.1, 0.15) is 0 Å². The van der Waals surface area contributed by atoms with Crippen LogP contribution in [-0.4, -0.2) is 26.2 Å². The van der Waals surface area contributed by atoms with Crippen LogP contribution >= 0.6 is 0 Å². The molecule has 3 rings (SSSR count). The maximum absolute atomic E-state index is 5.18. The Hall–Kier alpha value is -1.48. The monoisotopic (exact) mass is 202 g/mol. The van der Waals surface area contributed by atoms with E-state index in [1.165, 1.54) is 16.5 Å². The molecular weight excluding hydrogens is 188 g/mol. The van der Waals surface area contributed by atoms with Crippen molar-refractivity contribution >= 4 is 16.5 Å². The van der Waals surface area contributed by atoms with Gasteiger partial charge in [-0.25, -0.2) is 0 Å². The molecule has 0 spiro atoms. The first-order valence-corrected chi connectivity index (χ1v) is 5.35. The summed E-state index contributed by atoms with van der Waals surface area (Å²) >= 11 is 0. The van der Waals surface area contributed by atoms with Gasteiger partial charge in [-0.15, -0.1) is 0 Å². The SMILES string of the molecule is c1cc2cocc2cc1N1CCNCC1. The molecule has 3 nitrogen and oxygen atoms in total. The van der Waals surface area contributed by atoms with E-state index in [0.717, 1.165) is 26.2 Å². The predicted octanol–water partition coefficient (Wildman–Crippen LogP) is 1.84. The highest BCUT2D eigenvalue weighted by atomic mass is 16.3. The van der Waals surface area contributed by atoms with Crippen molar-refractivity contribution in [3.8, 4) is 0 Å². The second-order valence-electron chi connectivity index (χ2n) is 3.92. The van der Waals surface area contributed by atoms with Crippen LogP contribution in [0, 0.1) is 0 Å². The lowest BCUT2D eigenvalue weighted by atomic mass is 10.2. The highest BCUT2D eigenvalue weighted by Crippen LogP contribution is 2.23. The smallest absolute Gasteiger partial charge is 0.0982 e. The summed E-state index contributed by atoms with van der Waals surface area (Å²) in [7, 11) is 0. The lowest BCUT2D eigenvalue weighted by Gasteiger charge is -2.29. The molecule has 2 heterocycles. The summed E-state index contributed by atoms with van der Waals surface area (Å²) in [6, 6.07) is 6.49. The van der Waals surface area contributed by atoms with Gasteiger partial charge >= 0.3 is 0 Å². The number of hydrogen-bond donors (Lipinski definition) is 1. The van der Waals surface area contributed by atoms with Crippen molar-refractivity contribution in [1.82, 2.24) is 5.32 Å². The molecule has 3 heteroatoms. The lowest BCUT2D eigenvalue weighted by Crippen LogP contribution is -2.43. The average molecular weight is 202 g/mol. The quantitative estimate of drug-likeness (QED) is 0.765. The van der Waals surface area contributed by atoms with Gasteiger partial charge in [-0.05, 0) is 18.2 Å². The van der Waals surface area contributed by atoms with Crippen LogP contribution in [0.3, 0.4) is 0 Å². The van der Waals surface area contributed by atoms with Crippen molar-refractivity contribution in [3.63, 3.8) is 0 Å². The number of nitrogens with zero attached hydrogens (tertiary/aromatic N) is 1. The molecule has 78 valence electrons. The number of rotatable bonds is 1. The molecule has 2 aromatic rings. The molecule has 1 N–H and O–H groups in total. The van der Waals surface area contributed by atoms with E-state index < -0.39 is 0 Å². The van der Waals surface area contributed by atoms with E-state index in [1.54, 1.807) is 12.5 Å². The Labute approximate surface area is 88.7 Å². The minimum Gasteiger partial charge on any atom is -0.471 e. The third-order valence-corrected chi connectivity index (χ3v) is 2.94. The minimum absolute atomic E-state index is 1.07. The molecule has 0 amide bonds. The average Bonchev–Trinajstić information content (AvgIpc) is 2.77. The second-order valence-corrected chi connectivity index (χ2v) is 3.92. The second kappa shape index (κ2) is 3.59. The van der Waals surface area contributed by atoms with Crippen molar-refractivity contribution in [2.75, 3.05) is 31.1 Å². The lowest BCUT2D eigenvalue weighted by molar-refractivity contribution is 0.572. The number of benzene rings is 1. The Balaban J connectivity index is 1.95. The van der Waals surface area contributed by atoms with Crippen molar-refractivity contribution in [2.24, 2.45) is 0 Å². The third-order valence-electron chi connectivity index (χ3n) is 2.94. The van der Waals surface area contributed by atoms with E-state index in [2.05, 4.69) is 28.4 Å². The zero-order valence-electron chi connectivity index (χ0n) is 8.57. The topological polar surface area (TPSA) is 28.4 Å². The summed E-state index contributed by atoms with van der Waals surface area (Å²) in [6.07, 6.45) is 3.60. The van der Waals surface area contributed by atoms with Crippen molar-refractivity contribution in [1.29, 1.82) is 0 Å². The Morgan fingerprint density at radius 1 is 1.07 bits per heavy atom. The van der Waals surface area contributed by atoms with Crippen LogP contribution in [0.5, 0.6) is 0 Å². The maximum Gasteiger partial charge on any atom is 0.0982 e. The fourth-order valence-corrected chi connectivity index (χ4v) is 2.07. The summed E-state index contributed by atoms with van der Waals surface area (Å²) in [4.78, 5) is 2.41. The van der Waals surface area contributed by atoms with Gasteiger partial charge in [0.1, 0.15) is 0 Å². The Morgan fingerprint density at radius 2 is 1.87 bits per heavy atom. The molecule has 0 aliphatic carbocycles. The number of piperazine rings is 1. The summed E-state index contributed by atoms with van der Waals surface area (Å²) < 4.78 is 5.18. The van der Waals surface area contributed by atoms with E-state index in [0.29, 0.717) is 0 Å². The number of hydrogen-bond acceptors (Lipinski definition) is 3. The van der Waals surface area contributed by atoms with Crippen LogP contribution in [0.15, 0.2) is 35.1 Å². The maximum atomic E-state index is 5.18. The largest absolute Gasteiger partial charge is 0.471 e. The molecule has 1 fully saturated rings. The molecule has 0 atom stereocenters. The molecule has 1 aliphatic heterocycles. The molecule has 15 heavy (non-hydrogen) atoms. The first kappa shape index (κ1) is 8.80. The van der Waals surface area contributed by atoms with Crippen LogP contribution in [0.4, 0.5) is 5.69 Å². The Morgan fingerprint density at radius 3 is 2.73 bits per heavy atom. The molecule has 1 aromatic heterocycles. The van der Waals surface area contributed by atoms with Gasteiger partial charge in [0.15, 0.2) is 0 Å². The van der Waals surface area contributed by atoms with E-state index in [-0.39, 0.29) is 0 Å². The van der Waals surface area contributed by atoms with Crippen LogP contribution in [-0.2, 0) is 0 Å². The Bertz CT molecular complexity index is 457. The van der Waals surface area contributed by atoms with Crippen molar-refractivity contribution < 1.29 is 4.42 Å². The highest BCUT2D eigenvalue weighted by Gasteiger charge is 2.10. The number of fused-ring (bicyclic) bond motifs is 1. The molecule has 0 saturated carbocycles. The number of furan rings is 1. The number of anilines is 1. The molecule has 0 radical (unpaired) electrons. The van der Waals surface area contributed by atoms with E-state index in [4.69, 9.17) is 4.42 Å². The standard InChI is InChI=1S/C12H14N2O/c1-2-12(14-5-3-13-4-6-14)7-11-9-15-8-10(1)11/h1-2,7-9,13H,3-6H2. The molecule has 0 unspecified atom stereocenters.